The molecule has 9 aromatic carbocycles. The molecule has 0 radical (unpaired) electrons. The molecule has 0 saturated heterocycles. The van der Waals surface area contributed by atoms with E-state index in [1.54, 1.807) is 6.07 Å². The van der Waals surface area contributed by atoms with Gasteiger partial charge in [0.15, 0.2) is 0 Å². The number of benzene rings is 9. The van der Waals surface area contributed by atoms with Crippen LogP contribution in [-0.4, -0.2) is 29.3 Å². The highest BCUT2D eigenvalue weighted by molar-refractivity contribution is 9.16. The van der Waals surface area contributed by atoms with Crippen molar-refractivity contribution in [2.24, 2.45) is 0 Å². The van der Waals surface area contributed by atoms with Gasteiger partial charge in [-0.1, -0.05) is 336 Å². The Labute approximate surface area is 535 Å². The lowest BCUT2D eigenvalue weighted by atomic mass is 9.77. The first kappa shape index (κ1) is 78.1. The molecule has 84 heavy (non-hydrogen) atoms. The molecule has 0 aliphatic heterocycles. The van der Waals surface area contributed by atoms with Crippen molar-refractivity contribution in [1.29, 1.82) is 0 Å². The van der Waals surface area contributed by atoms with Crippen LogP contribution in [0.1, 0.15) is 161 Å². The molecule has 0 spiro atoms. The number of halogens is 4. The normalized spacial score (nSPS) is 10.5. The number of hydrogen-bond donors (Lipinski definition) is 3. The van der Waals surface area contributed by atoms with Crippen LogP contribution in [0.3, 0.4) is 0 Å². The van der Waals surface area contributed by atoms with E-state index in [2.05, 4.69) is 204 Å². The van der Waals surface area contributed by atoms with E-state index in [1.165, 1.54) is 102 Å². The Balaban J connectivity index is 0. The zero-order valence-corrected chi connectivity index (χ0v) is 57.8. The van der Waals surface area contributed by atoms with Crippen molar-refractivity contribution in [1.82, 2.24) is 4.98 Å². The lowest BCUT2D eigenvalue weighted by Gasteiger charge is -2.08. The summed E-state index contributed by atoms with van der Waals surface area (Å²) >= 11 is 10.9. The van der Waals surface area contributed by atoms with Crippen molar-refractivity contribution in [3.63, 3.8) is 0 Å². The van der Waals surface area contributed by atoms with Gasteiger partial charge in [-0.3, -0.25) is 4.39 Å². The molecule has 3 aliphatic rings. The Kier molecular flexibility index (Phi) is 43.2. The van der Waals surface area contributed by atoms with Gasteiger partial charge in [-0.05, 0) is 121 Å². The first-order valence-corrected chi connectivity index (χ1v) is 32.5. The number of para-hydroxylation sites is 1. The lowest BCUT2D eigenvalue weighted by molar-refractivity contribution is 0.426. The minimum absolute atomic E-state index is 0. The summed E-state index contributed by atoms with van der Waals surface area (Å²) in [6.07, 6.45) is 2.03. The fraction of sp³-hybridized carbons (Fsp3) is 0.289. The SMILES string of the molecule is BrC1=C(Br)c2ccccc2C1.BrC1=C(c2cccc3ccccc23)Cc2ccccc21.C.CC.CC.CC.CC.CC.CC.CC.CC.CC.OB(O)c1cccc2ccccc12.[2H]CF.c1cc2c3c(cccc3c1)-c1c-2[nH]c2ccccc12. The van der Waals surface area contributed by atoms with E-state index >= 15 is 0 Å². The van der Waals surface area contributed by atoms with E-state index in [0.717, 1.165) is 23.6 Å². The van der Waals surface area contributed by atoms with Crippen molar-refractivity contribution < 1.29 is 15.8 Å². The average Bonchev–Trinajstić information content (AvgIpc) is 1.77. The zero-order valence-electron chi connectivity index (χ0n) is 54.1. The fourth-order valence-corrected chi connectivity index (χ4v) is 10.9. The van der Waals surface area contributed by atoms with Crippen LogP contribution in [-0.2, 0) is 12.8 Å². The minimum atomic E-state index is -1.40. The number of allylic oxidation sites excluding steroid dienone is 2. The van der Waals surface area contributed by atoms with Crippen LogP contribution in [0.2, 0.25) is 0 Å². The topological polar surface area (TPSA) is 56.2 Å². The van der Waals surface area contributed by atoms with Gasteiger partial charge >= 0.3 is 7.12 Å². The summed E-state index contributed by atoms with van der Waals surface area (Å²) in [5.74, 6) is 0. The molecule has 0 saturated carbocycles. The van der Waals surface area contributed by atoms with Crippen LogP contribution in [0.4, 0.5) is 4.39 Å². The van der Waals surface area contributed by atoms with E-state index in [1.807, 2.05) is 161 Å². The van der Waals surface area contributed by atoms with Crippen LogP contribution in [0.25, 0.3) is 80.1 Å². The van der Waals surface area contributed by atoms with E-state index < -0.39 is 14.3 Å². The van der Waals surface area contributed by atoms with Crippen LogP contribution in [0.15, 0.2) is 199 Å². The van der Waals surface area contributed by atoms with Crippen molar-refractivity contribution >= 4 is 118 Å². The Morgan fingerprint density at radius 3 is 1.29 bits per heavy atom. The number of aromatic amines is 1. The van der Waals surface area contributed by atoms with Crippen molar-refractivity contribution in [2.75, 3.05) is 7.15 Å². The fourth-order valence-electron chi connectivity index (χ4n) is 9.16. The molecule has 1 aromatic heterocycles. The quantitative estimate of drug-likeness (QED) is 0.151. The first-order chi connectivity index (χ1) is 41.3. The van der Waals surface area contributed by atoms with E-state index in [4.69, 9.17) is 11.4 Å². The molecule has 452 valence electrons. The van der Waals surface area contributed by atoms with E-state index in [9.17, 15) is 4.39 Å². The van der Waals surface area contributed by atoms with Crippen molar-refractivity contribution in [2.45, 2.75) is 145 Å². The number of aromatic nitrogens is 1. The highest BCUT2D eigenvalue weighted by Gasteiger charge is 2.25. The second kappa shape index (κ2) is 46.4. The zero-order chi connectivity index (χ0) is 63.7. The molecule has 0 atom stereocenters. The first-order valence-electron chi connectivity index (χ1n) is 30.9. The highest BCUT2D eigenvalue weighted by atomic mass is 79.9. The summed E-state index contributed by atoms with van der Waals surface area (Å²) < 4.78 is 19.2. The van der Waals surface area contributed by atoms with Gasteiger partial charge in [0.25, 0.3) is 0 Å². The smallest absolute Gasteiger partial charge is 0.423 e. The van der Waals surface area contributed by atoms with Crippen molar-refractivity contribution in [3.05, 3.63) is 226 Å². The molecule has 10 aromatic rings. The summed E-state index contributed by atoms with van der Waals surface area (Å²) in [7, 11) is -2.40. The maximum absolute atomic E-state index is 9.96. The van der Waals surface area contributed by atoms with Crippen molar-refractivity contribution in [3.8, 4) is 22.4 Å². The third kappa shape index (κ3) is 20.4. The molecule has 0 amide bonds. The molecular formula is C76H100BBr3FNO2. The number of hydrogen-bond acceptors (Lipinski definition) is 2. The van der Waals surface area contributed by atoms with Gasteiger partial charge < -0.3 is 15.0 Å². The summed E-state index contributed by atoms with van der Waals surface area (Å²) in [6, 6.07) is 67.0. The summed E-state index contributed by atoms with van der Waals surface area (Å²) in [5, 5.41) is 26.7. The molecule has 3 N–H and O–H groups in total. The Hall–Kier alpha value is -5.87. The molecule has 0 fully saturated rings. The Bertz CT molecular complexity index is 3460. The van der Waals surface area contributed by atoms with Gasteiger partial charge in [0.1, 0.15) is 0 Å². The molecule has 8 heteroatoms. The summed E-state index contributed by atoms with van der Waals surface area (Å²) in [5.41, 5.74) is 15.3. The number of rotatable bonds is 2. The third-order valence-corrected chi connectivity index (χ3v) is 15.1. The van der Waals surface area contributed by atoms with Crippen LogP contribution >= 0.6 is 47.8 Å². The maximum atomic E-state index is 9.96. The average molecular weight is 1330 g/mol. The molecular weight excluding hydrogens is 1230 g/mol. The molecule has 1 heterocycles. The Morgan fingerprint density at radius 2 is 0.774 bits per heavy atom. The molecule has 0 bridgehead atoms. The van der Waals surface area contributed by atoms with Gasteiger partial charge in [0, 0.05) is 41.9 Å². The molecule has 3 nitrogen and oxygen atoms in total. The number of alkyl halides is 1. The monoisotopic (exact) mass is 1330 g/mol. The third-order valence-electron chi connectivity index (χ3n) is 12.1. The number of nitrogens with one attached hydrogen (secondary N) is 1. The van der Waals surface area contributed by atoms with Gasteiger partial charge in [0.05, 0.1) is 14.2 Å². The number of H-pyrrole nitrogens is 1. The van der Waals surface area contributed by atoms with Gasteiger partial charge in [0.2, 0.25) is 0 Å². The predicted molar refractivity (Wildman–Crippen MR) is 395 cm³/mol. The minimum Gasteiger partial charge on any atom is -0.423 e. The lowest BCUT2D eigenvalue weighted by Crippen LogP contribution is -2.30. The molecule has 3 aliphatic carbocycles. The standard InChI is InChI=1S/C19H13Br.C18H11N.C10H9BO2.C9H6Br2.9C2H6.CH3F.CH4/c20-19-16-10-4-2-7-14(16)12-18(19)17-11-5-8-13-6-1-3-9-15(13)17;1-2-10-15-12(7-1)17-13-8-3-5-11-6-4-9-14(16(11)13)18(17)19-15;12-11(13)10-7-3-5-8-4-1-2-6-9(8)10;10-8-5-6-3-1-2-4-7(6)9(8)11;10*1-2;/h1-11H,12H2;1-10,19H;1-7,12-13H;1-4H,5H2;9*1-2H3;1H3;1H4/i;;;;;;;;;;;;;1D;. The number of fused-ring (bicyclic) bond motifs is 9. The van der Waals surface area contributed by atoms with Crippen LogP contribution in [0, 0.1) is 0 Å². The van der Waals surface area contributed by atoms with Crippen LogP contribution in [0.5, 0.6) is 0 Å². The van der Waals surface area contributed by atoms with Gasteiger partial charge in [-0.25, -0.2) is 0 Å². The second-order valence-corrected chi connectivity index (χ2v) is 18.3. The van der Waals surface area contributed by atoms with E-state index in [-0.39, 0.29) is 7.43 Å². The maximum Gasteiger partial charge on any atom is 0.489 e. The van der Waals surface area contributed by atoms with Gasteiger partial charge in [-0.15, -0.1) is 0 Å². The summed E-state index contributed by atoms with van der Waals surface area (Å²) in [6.45, 7) is 36.0. The summed E-state index contributed by atoms with van der Waals surface area (Å²) in [4.78, 5) is 3.58. The largest absolute Gasteiger partial charge is 0.489 e. The second-order valence-electron chi connectivity index (χ2n) is 15.8. The molecule has 0 unspecified atom stereocenters. The molecule has 13 rings (SSSR count). The van der Waals surface area contributed by atoms with E-state index in [0.29, 0.717) is 5.46 Å². The predicted octanol–water partition coefficient (Wildman–Crippen LogP) is 25.3. The Morgan fingerprint density at radius 1 is 0.405 bits per heavy atom. The highest BCUT2D eigenvalue weighted by Crippen LogP contribution is 2.50. The van der Waals surface area contributed by atoms with Gasteiger partial charge in [-0.2, -0.15) is 0 Å². The van der Waals surface area contributed by atoms with Crippen LogP contribution < -0.4 is 5.46 Å².